The van der Waals surface area contributed by atoms with Crippen molar-refractivity contribution in [3.63, 3.8) is 0 Å². The molecule has 0 saturated carbocycles. The zero-order valence-electron chi connectivity index (χ0n) is 15.5. The van der Waals surface area contributed by atoms with E-state index in [2.05, 4.69) is 25.6 Å². The van der Waals surface area contributed by atoms with Crippen molar-refractivity contribution < 1.29 is 18.0 Å². The summed E-state index contributed by atoms with van der Waals surface area (Å²) in [5.41, 5.74) is 2.50. The summed E-state index contributed by atoms with van der Waals surface area (Å²) < 4.78 is 37.9. The van der Waals surface area contributed by atoms with Gasteiger partial charge in [-0.2, -0.15) is 23.1 Å². The number of amides is 1. The van der Waals surface area contributed by atoms with Gasteiger partial charge in [-0.25, -0.2) is 0 Å². The molecule has 0 unspecified atom stereocenters. The van der Waals surface area contributed by atoms with E-state index in [0.29, 0.717) is 22.4 Å². The zero-order valence-corrected chi connectivity index (χ0v) is 15.5. The topological polar surface area (TPSA) is 85.9 Å². The van der Waals surface area contributed by atoms with Crippen LogP contribution >= 0.6 is 0 Å². The summed E-state index contributed by atoms with van der Waals surface area (Å²) in [4.78, 5) is 24.4. The normalized spacial score (nSPS) is 11.5. The number of anilines is 4. The minimum Gasteiger partial charge on any atom is -0.360 e. The molecule has 3 rings (SSSR count). The monoisotopic (exact) mass is 392 g/mol. The van der Waals surface area contributed by atoms with Crippen LogP contribution in [0.25, 0.3) is 11.0 Å². The number of hydrogen-bond donors (Lipinski definition) is 3. The predicted molar refractivity (Wildman–Crippen MR) is 102 cm³/mol. The number of aromatic nitrogens is 3. The molecule has 0 aliphatic heterocycles. The van der Waals surface area contributed by atoms with E-state index in [1.54, 1.807) is 44.4 Å². The van der Waals surface area contributed by atoms with E-state index in [1.807, 2.05) is 0 Å². The number of aromatic amines is 1. The summed E-state index contributed by atoms with van der Waals surface area (Å²) >= 11 is 0. The van der Waals surface area contributed by atoms with Gasteiger partial charge in [-0.3, -0.25) is 4.79 Å². The summed E-state index contributed by atoms with van der Waals surface area (Å²) in [5, 5.41) is 5.82. The van der Waals surface area contributed by atoms with Crippen LogP contribution in [0.4, 0.5) is 36.3 Å². The number of carbonyl (C=O) groups is 1. The van der Waals surface area contributed by atoms with Gasteiger partial charge in [0.25, 0.3) is 0 Å². The molecule has 0 saturated heterocycles. The third-order valence-electron chi connectivity index (χ3n) is 4.17. The number of alkyl halides is 3. The molecule has 1 amide bonds. The quantitative estimate of drug-likeness (QED) is 0.612. The SMILES string of the molecule is CC(=O)N(C)c1ccc(Nc2nc(NCC(F)(F)F)c3c(C)c[nH]c3n2)cc1. The summed E-state index contributed by atoms with van der Waals surface area (Å²) in [6.07, 6.45) is -2.71. The van der Waals surface area contributed by atoms with Crippen LogP contribution < -0.4 is 15.5 Å². The van der Waals surface area contributed by atoms with Crippen molar-refractivity contribution >= 4 is 40.1 Å². The molecule has 7 nitrogen and oxygen atoms in total. The van der Waals surface area contributed by atoms with E-state index in [9.17, 15) is 18.0 Å². The fourth-order valence-electron chi connectivity index (χ4n) is 2.63. The largest absolute Gasteiger partial charge is 0.405 e. The zero-order chi connectivity index (χ0) is 20.5. The number of rotatable bonds is 5. The number of benzene rings is 1. The smallest absolute Gasteiger partial charge is 0.360 e. The molecular formula is C18H19F3N6O. The maximum Gasteiger partial charge on any atom is 0.405 e. The van der Waals surface area contributed by atoms with Crippen LogP contribution in [-0.2, 0) is 4.79 Å². The number of fused-ring (bicyclic) bond motifs is 1. The standard InChI is InChI=1S/C18H19F3N6O/c1-10-8-22-15-14(10)16(23-9-18(19,20)21)26-17(25-15)24-12-4-6-13(7-5-12)27(3)11(2)28/h4-8H,9H2,1-3H3,(H3,22,23,24,25,26). The highest BCUT2D eigenvalue weighted by Crippen LogP contribution is 2.28. The van der Waals surface area contributed by atoms with Gasteiger partial charge in [0.15, 0.2) is 0 Å². The van der Waals surface area contributed by atoms with Crippen LogP contribution in [0, 0.1) is 6.92 Å². The van der Waals surface area contributed by atoms with E-state index < -0.39 is 12.7 Å². The Kier molecular flexibility index (Phi) is 5.12. The molecule has 3 N–H and O–H groups in total. The highest BCUT2D eigenvalue weighted by Gasteiger charge is 2.27. The fraction of sp³-hybridized carbons (Fsp3) is 0.278. The minimum atomic E-state index is -4.37. The van der Waals surface area contributed by atoms with Gasteiger partial charge < -0.3 is 20.5 Å². The first-order chi connectivity index (χ1) is 13.1. The van der Waals surface area contributed by atoms with Crippen LogP contribution in [-0.4, -0.2) is 40.6 Å². The Hall–Kier alpha value is -3.30. The van der Waals surface area contributed by atoms with E-state index in [1.165, 1.54) is 11.8 Å². The molecule has 2 aromatic heterocycles. The Morgan fingerprint density at radius 2 is 1.89 bits per heavy atom. The van der Waals surface area contributed by atoms with Gasteiger partial charge in [-0.1, -0.05) is 0 Å². The van der Waals surface area contributed by atoms with Gasteiger partial charge in [0, 0.05) is 31.5 Å². The number of hydrogen-bond acceptors (Lipinski definition) is 5. The maximum absolute atomic E-state index is 12.6. The molecule has 0 spiro atoms. The Balaban J connectivity index is 1.88. The molecule has 0 aliphatic rings. The molecule has 28 heavy (non-hydrogen) atoms. The molecule has 3 aromatic rings. The molecule has 0 atom stereocenters. The van der Waals surface area contributed by atoms with E-state index >= 15 is 0 Å². The van der Waals surface area contributed by atoms with Crippen molar-refractivity contribution in [1.29, 1.82) is 0 Å². The fourth-order valence-corrected chi connectivity index (χ4v) is 2.63. The number of nitrogens with zero attached hydrogens (tertiary/aromatic N) is 3. The van der Waals surface area contributed by atoms with Crippen molar-refractivity contribution in [3.05, 3.63) is 36.0 Å². The van der Waals surface area contributed by atoms with Crippen molar-refractivity contribution in [3.8, 4) is 0 Å². The van der Waals surface area contributed by atoms with Crippen molar-refractivity contribution in [2.24, 2.45) is 0 Å². The molecule has 148 valence electrons. The van der Waals surface area contributed by atoms with Gasteiger partial charge in [-0.05, 0) is 36.8 Å². The molecule has 0 fully saturated rings. The number of H-pyrrole nitrogens is 1. The van der Waals surface area contributed by atoms with Gasteiger partial charge >= 0.3 is 6.18 Å². The van der Waals surface area contributed by atoms with Gasteiger partial charge in [0.2, 0.25) is 11.9 Å². The molecular weight excluding hydrogens is 373 g/mol. The number of nitrogens with one attached hydrogen (secondary N) is 3. The first-order valence-corrected chi connectivity index (χ1v) is 8.42. The van der Waals surface area contributed by atoms with Gasteiger partial charge in [0.1, 0.15) is 18.0 Å². The van der Waals surface area contributed by atoms with Crippen molar-refractivity contribution in [1.82, 2.24) is 15.0 Å². The summed E-state index contributed by atoms with van der Waals surface area (Å²) in [6, 6.07) is 6.93. The lowest BCUT2D eigenvalue weighted by atomic mass is 10.2. The second-order valence-corrected chi connectivity index (χ2v) is 6.31. The summed E-state index contributed by atoms with van der Waals surface area (Å²) in [7, 11) is 1.66. The lowest BCUT2D eigenvalue weighted by molar-refractivity contribution is -0.116. The van der Waals surface area contributed by atoms with Crippen LogP contribution in [0.15, 0.2) is 30.5 Å². The summed E-state index contributed by atoms with van der Waals surface area (Å²) in [6.45, 7) is 2.02. The van der Waals surface area contributed by atoms with Crippen LogP contribution in [0.1, 0.15) is 12.5 Å². The summed E-state index contributed by atoms with van der Waals surface area (Å²) in [5.74, 6) is 0.139. The highest BCUT2D eigenvalue weighted by molar-refractivity contribution is 5.92. The average molecular weight is 392 g/mol. The number of aryl methyl sites for hydroxylation is 1. The molecule has 2 heterocycles. The van der Waals surface area contributed by atoms with Crippen molar-refractivity contribution in [2.75, 3.05) is 29.1 Å². The first-order valence-electron chi connectivity index (χ1n) is 8.42. The molecule has 0 aliphatic carbocycles. The number of halogens is 3. The second kappa shape index (κ2) is 7.37. The second-order valence-electron chi connectivity index (χ2n) is 6.31. The molecule has 10 heteroatoms. The van der Waals surface area contributed by atoms with Crippen LogP contribution in [0.2, 0.25) is 0 Å². The Morgan fingerprint density at radius 1 is 1.21 bits per heavy atom. The molecule has 0 radical (unpaired) electrons. The average Bonchev–Trinajstić information content (AvgIpc) is 3.00. The lowest BCUT2D eigenvalue weighted by Crippen LogP contribution is -2.22. The maximum atomic E-state index is 12.6. The predicted octanol–water partition coefficient (Wildman–Crippen LogP) is 3.97. The van der Waals surface area contributed by atoms with Gasteiger partial charge in [-0.15, -0.1) is 0 Å². The third-order valence-corrected chi connectivity index (χ3v) is 4.17. The Morgan fingerprint density at radius 3 is 2.50 bits per heavy atom. The number of carbonyl (C=O) groups excluding carboxylic acids is 1. The molecule has 0 bridgehead atoms. The van der Waals surface area contributed by atoms with Crippen LogP contribution in [0.3, 0.4) is 0 Å². The highest BCUT2D eigenvalue weighted by atomic mass is 19.4. The third kappa shape index (κ3) is 4.33. The van der Waals surface area contributed by atoms with E-state index in [-0.39, 0.29) is 17.7 Å². The van der Waals surface area contributed by atoms with E-state index in [4.69, 9.17) is 0 Å². The Bertz CT molecular complexity index is 997. The first kappa shape index (κ1) is 19.5. The van der Waals surface area contributed by atoms with Crippen LogP contribution in [0.5, 0.6) is 0 Å². The lowest BCUT2D eigenvalue weighted by Gasteiger charge is -2.15. The molecule has 1 aromatic carbocycles. The Labute approximate surface area is 159 Å². The van der Waals surface area contributed by atoms with Gasteiger partial charge in [0.05, 0.1) is 5.39 Å². The van der Waals surface area contributed by atoms with E-state index in [0.717, 1.165) is 5.56 Å². The van der Waals surface area contributed by atoms with Crippen molar-refractivity contribution in [2.45, 2.75) is 20.0 Å². The minimum absolute atomic E-state index is 0.0940.